The van der Waals surface area contributed by atoms with Crippen LogP contribution < -0.4 is 4.90 Å². The summed E-state index contributed by atoms with van der Waals surface area (Å²) in [5.74, 6) is 0. The Morgan fingerprint density at radius 2 is 0.982 bits per heavy atom. The Kier molecular flexibility index (Phi) is 6.29. The van der Waals surface area contributed by atoms with Crippen molar-refractivity contribution in [3.8, 4) is 33.4 Å². The van der Waals surface area contributed by atoms with Crippen LogP contribution in [-0.4, -0.2) is 0 Å². The van der Waals surface area contributed by atoms with Gasteiger partial charge in [-0.2, -0.15) is 0 Å². The molecule has 2 heteroatoms. The largest absolute Gasteiger partial charge is 0.456 e. The molecule has 9 aromatic carbocycles. The smallest absolute Gasteiger partial charge is 0.136 e. The molecule has 12 rings (SSSR count). The van der Waals surface area contributed by atoms with Gasteiger partial charge in [-0.3, -0.25) is 0 Å². The average Bonchev–Trinajstić information content (AvgIpc) is 3.88. The molecule has 256 valence electrons. The van der Waals surface area contributed by atoms with Crippen LogP contribution in [0.25, 0.3) is 66.1 Å². The Hall–Kier alpha value is -7.16. The van der Waals surface area contributed by atoms with Crippen molar-refractivity contribution in [1.29, 1.82) is 0 Å². The van der Waals surface area contributed by atoms with Crippen molar-refractivity contribution in [2.75, 3.05) is 4.90 Å². The molecule has 2 aliphatic carbocycles. The first-order valence-corrected chi connectivity index (χ1v) is 19.0. The lowest BCUT2D eigenvalue weighted by molar-refractivity contribution is 0.669. The molecule has 0 radical (unpaired) electrons. The van der Waals surface area contributed by atoms with E-state index in [4.69, 9.17) is 4.42 Å². The summed E-state index contributed by atoms with van der Waals surface area (Å²) < 4.78 is 6.56. The number of hydrogen-bond donors (Lipinski definition) is 0. The molecule has 0 unspecified atom stereocenters. The van der Waals surface area contributed by atoms with Gasteiger partial charge in [-0.15, -0.1) is 0 Å². The minimum Gasteiger partial charge on any atom is -0.456 e. The number of hydrogen-bond acceptors (Lipinski definition) is 2. The van der Waals surface area contributed by atoms with Gasteiger partial charge in [0.05, 0.1) is 11.1 Å². The number of rotatable bonds is 4. The maximum atomic E-state index is 6.56. The van der Waals surface area contributed by atoms with Crippen LogP contribution in [0, 0.1) is 0 Å². The minimum atomic E-state index is -0.441. The summed E-state index contributed by atoms with van der Waals surface area (Å²) in [7, 11) is 0. The molecule has 2 nitrogen and oxygen atoms in total. The lowest BCUT2D eigenvalue weighted by Gasteiger charge is -2.32. The Labute approximate surface area is 319 Å². The Morgan fingerprint density at radius 3 is 1.71 bits per heavy atom. The predicted molar refractivity (Wildman–Crippen MR) is 228 cm³/mol. The van der Waals surface area contributed by atoms with Crippen molar-refractivity contribution in [3.05, 3.63) is 222 Å². The number of furan rings is 1. The first kappa shape index (κ1) is 30.3. The van der Waals surface area contributed by atoms with Crippen LogP contribution >= 0.6 is 0 Å². The van der Waals surface area contributed by atoms with Crippen molar-refractivity contribution < 1.29 is 4.42 Å². The molecule has 10 aromatic rings. The summed E-state index contributed by atoms with van der Waals surface area (Å²) >= 11 is 0. The van der Waals surface area contributed by atoms with Crippen LogP contribution in [0.15, 0.2) is 205 Å². The molecular formula is C53H33NO. The third-order valence-electron chi connectivity index (χ3n) is 12.1. The lowest BCUT2D eigenvalue weighted by Crippen LogP contribution is -2.26. The van der Waals surface area contributed by atoms with E-state index >= 15 is 0 Å². The van der Waals surface area contributed by atoms with E-state index in [1.807, 2.05) is 0 Å². The Morgan fingerprint density at radius 1 is 0.382 bits per heavy atom. The number of nitrogens with zero attached hydrogens (tertiary/aromatic N) is 1. The quantitative estimate of drug-likeness (QED) is 0.182. The highest BCUT2D eigenvalue weighted by atomic mass is 16.3. The van der Waals surface area contributed by atoms with Crippen LogP contribution in [0.1, 0.15) is 22.3 Å². The minimum absolute atomic E-state index is 0.441. The molecule has 0 amide bonds. The van der Waals surface area contributed by atoms with Crippen LogP contribution in [0.3, 0.4) is 0 Å². The third-order valence-corrected chi connectivity index (χ3v) is 12.1. The zero-order valence-electron chi connectivity index (χ0n) is 29.9. The number of para-hydroxylation sites is 2. The van der Waals surface area contributed by atoms with E-state index in [0.717, 1.165) is 50.1 Å². The molecule has 0 bridgehead atoms. The second-order valence-electron chi connectivity index (χ2n) is 14.8. The highest BCUT2D eigenvalue weighted by Crippen LogP contribution is 2.63. The fraction of sp³-hybridized carbons (Fsp3) is 0.0189. The average molecular weight is 700 g/mol. The van der Waals surface area contributed by atoms with Gasteiger partial charge in [0.25, 0.3) is 0 Å². The summed E-state index contributed by atoms with van der Waals surface area (Å²) in [6.07, 6.45) is 0. The fourth-order valence-electron chi connectivity index (χ4n) is 9.86. The highest BCUT2D eigenvalue weighted by molar-refractivity contribution is 6.17. The second-order valence-corrected chi connectivity index (χ2v) is 14.8. The van der Waals surface area contributed by atoms with Crippen LogP contribution in [0.4, 0.5) is 17.1 Å². The summed E-state index contributed by atoms with van der Waals surface area (Å²) in [5.41, 5.74) is 17.4. The third kappa shape index (κ3) is 4.14. The molecule has 1 heterocycles. The molecule has 0 N–H and O–H groups in total. The van der Waals surface area contributed by atoms with Crippen molar-refractivity contribution >= 4 is 49.8 Å². The molecule has 0 aliphatic heterocycles. The normalized spacial score (nSPS) is 13.2. The topological polar surface area (TPSA) is 16.4 Å². The molecule has 0 fully saturated rings. The van der Waals surface area contributed by atoms with Crippen molar-refractivity contribution in [2.24, 2.45) is 0 Å². The van der Waals surface area contributed by atoms with Gasteiger partial charge in [-0.25, -0.2) is 0 Å². The maximum absolute atomic E-state index is 6.56. The van der Waals surface area contributed by atoms with Gasteiger partial charge in [0.2, 0.25) is 0 Å². The lowest BCUT2D eigenvalue weighted by atomic mass is 9.70. The molecule has 1 spiro atoms. The van der Waals surface area contributed by atoms with E-state index in [-0.39, 0.29) is 0 Å². The van der Waals surface area contributed by atoms with Gasteiger partial charge < -0.3 is 9.32 Å². The Bertz CT molecular complexity index is 3110. The molecule has 0 saturated carbocycles. The highest BCUT2D eigenvalue weighted by Gasteiger charge is 2.51. The molecular weight excluding hydrogens is 667 g/mol. The van der Waals surface area contributed by atoms with Crippen molar-refractivity contribution in [3.63, 3.8) is 0 Å². The fourth-order valence-corrected chi connectivity index (χ4v) is 9.86. The molecule has 2 aliphatic rings. The van der Waals surface area contributed by atoms with Gasteiger partial charge in [0, 0.05) is 27.7 Å². The van der Waals surface area contributed by atoms with E-state index < -0.39 is 5.41 Å². The van der Waals surface area contributed by atoms with Gasteiger partial charge in [-0.1, -0.05) is 152 Å². The van der Waals surface area contributed by atoms with Crippen LogP contribution in [0.5, 0.6) is 0 Å². The van der Waals surface area contributed by atoms with E-state index in [1.54, 1.807) is 0 Å². The molecule has 0 atom stereocenters. The molecule has 55 heavy (non-hydrogen) atoms. The summed E-state index contributed by atoms with van der Waals surface area (Å²) in [4.78, 5) is 2.45. The second kappa shape index (κ2) is 11.4. The van der Waals surface area contributed by atoms with Crippen molar-refractivity contribution in [1.82, 2.24) is 0 Å². The van der Waals surface area contributed by atoms with E-state index in [0.29, 0.717) is 0 Å². The van der Waals surface area contributed by atoms with Crippen LogP contribution in [-0.2, 0) is 5.41 Å². The zero-order chi connectivity index (χ0) is 36.1. The first-order valence-electron chi connectivity index (χ1n) is 19.0. The standard InChI is InChI=1S/C53H33NO/c1-2-16-37(17-3-1)54(48-30-31-50-52(43-21-9-13-25-49(43)55-50)51(48)36-27-26-34-14-4-5-15-35(34)32-36)38-28-29-42-41-20-8-12-24-46(41)53(47(42)33-38)44-22-10-6-18-39(44)40-19-7-11-23-45(40)53/h1-33H. The zero-order valence-corrected chi connectivity index (χ0v) is 29.9. The number of benzene rings is 9. The number of fused-ring (bicyclic) bond motifs is 14. The summed E-state index contributed by atoms with van der Waals surface area (Å²) in [6.45, 7) is 0. The van der Waals surface area contributed by atoms with Crippen molar-refractivity contribution in [2.45, 2.75) is 5.41 Å². The molecule has 0 saturated heterocycles. The first-order chi connectivity index (χ1) is 27.3. The molecule has 1 aromatic heterocycles. The van der Waals surface area contributed by atoms with E-state index in [9.17, 15) is 0 Å². The maximum Gasteiger partial charge on any atom is 0.136 e. The summed E-state index contributed by atoms with van der Waals surface area (Å²) in [6, 6.07) is 73.3. The van der Waals surface area contributed by atoms with Gasteiger partial charge in [-0.05, 0) is 109 Å². The SMILES string of the molecule is c1ccc(N(c2ccc3c(c2)C2(c4ccccc4-c4ccccc42)c2ccccc2-3)c2ccc3oc4ccccc4c3c2-c2ccc3ccccc3c2)cc1. The predicted octanol–water partition coefficient (Wildman–Crippen LogP) is 14.2. The monoisotopic (exact) mass is 699 g/mol. The van der Waals surface area contributed by atoms with Gasteiger partial charge in [0.1, 0.15) is 11.2 Å². The van der Waals surface area contributed by atoms with Crippen LogP contribution in [0.2, 0.25) is 0 Å². The van der Waals surface area contributed by atoms with E-state index in [1.165, 1.54) is 55.3 Å². The summed E-state index contributed by atoms with van der Waals surface area (Å²) in [5, 5.41) is 4.65. The Balaban J connectivity index is 1.18. The number of anilines is 3. The van der Waals surface area contributed by atoms with Gasteiger partial charge >= 0.3 is 0 Å². The van der Waals surface area contributed by atoms with Gasteiger partial charge in [0.15, 0.2) is 0 Å². The van der Waals surface area contributed by atoms with E-state index in [2.05, 4.69) is 205 Å².